The van der Waals surface area contributed by atoms with Crippen LogP contribution in [0, 0.1) is 0 Å². The Kier molecular flexibility index (Phi) is 5.24. The normalized spacial score (nSPS) is 10.3. The fraction of sp³-hybridized carbons (Fsp3) is 0.154. The molecule has 0 saturated carbocycles. The second-order valence-corrected chi connectivity index (χ2v) is 6.50. The van der Waals surface area contributed by atoms with Gasteiger partial charge in [0, 0.05) is 31.4 Å². The van der Waals surface area contributed by atoms with Crippen molar-refractivity contribution in [2.45, 2.75) is 6.54 Å². The maximum Gasteiger partial charge on any atom is 0.122 e. The van der Waals surface area contributed by atoms with Crippen molar-refractivity contribution in [2.24, 2.45) is 0 Å². The quantitative estimate of drug-likeness (QED) is 0.712. The molecule has 3 nitrogen and oxygen atoms in total. The van der Waals surface area contributed by atoms with Gasteiger partial charge in [-0.1, -0.05) is 15.9 Å². The first-order valence-corrected chi connectivity index (χ1v) is 7.85. The summed E-state index contributed by atoms with van der Waals surface area (Å²) in [5.41, 5.74) is 1.92. The van der Waals surface area contributed by atoms with Gasteiger partial charge in [-0.15, -0.1) is 0 Å². The number of hydrogen-bond donors (Lipinski definition) is 1. The van der Waals surface area contributed by atoms with Gasteiger partial charge in [0.05, 0.1) is 19.3 Å². The third-order valence-corrected chi connectivity index (χ3v) is 4.03. The van der Waals surface area contributed by atoms with Crippen LogP contribution in [0.3, 0.4) is 0 Å². The van der Waals surface area contributed by atoms with Gasteiger partial charge in [0.1, 0.15) is 5.75 Å². The number of nitrogens with one attached hydrogen (secondary N) is 1. The molecule has 1 aromatic carbocycles. The smallest absolute Gasteiger partial charge is 0.122 e. The number of hydrogen-bond acceptors (Lipinski definition) is 3. The van der Waals surface area contributed by atoms with E-state index in [1.54, 1.807) is 13.3 Å². The monoisotopic (exact) mass is 448 g/mol. The van der Waals surface area contributed by atoms with Gasteiger partial charge in [0.15, 0.2) is 0 Å². The Morgan fingerprint density at radius 2 is 1.89 bits per heavy atom. The molecule has 100 valence electrons. The molecule has 0 amide bonds. The summed E-state index contributed by atoms with van der Waals surface area (Å²) in [5, 5.41) is 3.32. The van der Waals surface area contributed by atoms with E-state index in [2.05, 4.69) is 58.1 Å². The number of pyridine rings is 1. The van der Waals surface area contributed by atoms with Crippen molar-refractivity contribution in [3.63, 3.8) is 0 Å². The first-order valence-electron chi connectivity index (χ1n) is 5.47. The van der Waals surface area contributed by atoms with E-state index in [-0.39, 0.29) is 0 Å². The van der Waals surface area contributed by atoms with Crippen molar-refractivity contribution < 1.29 is 4.74 Å². The second kappa shape index (κ2) is 6.72. The van der Waals surface area contributed by atoms with E-state index in [0.29, 0.717) is 6.54 Å². The van der Waals surface area contributed by atoms with Gasteiger partial charge in [0.25, 0.3) is 0 Å². The highest BCUT2D eigenvalue weighted by molar-refractivity contribution is 9.11. The van der Waals surface area contributed by atoms with E-state index in [9.17, 15) is 0 Å². The minimum absolute atomic E-state index is 0.632. The SMILES string of the molecule is COc1cc(Br)cc(NCc2ncc(Br)cc2Br)c1. The summed E-state index contributed by atoms with van der Waals surface area (Å²) >= 11 is 10.3. The molecule has 0 spiro atoms. The molecule has 0 bridgehead atoms. The van der Waals surface area contributed by atoms with Crippen LogP contribution in [0.1, 0.15) is 5.69 Å². The summed E-state index contributed by atoms with van der Waals surface area (Å²) in [5.74, 6) is 0.805. The van der Waals surface area contributed by atoms with Crippen molar-refractivity contribution in [3.8, 4) is 5.75 Å². The molecule has 0 fully saturated rings. The molecule has 0 saturated heterocycles. The summed E-state index contributed by atoms with van der Waals surface area (Å²) in [4.78, 5) is 4.36. The third kappa shape index (κ3) is 4.19. The van der Waals surface area contributed by atoms with E-state index < -0.39 is 0 Å². The van der Waals surface area contributed by atoms with E-state index in [4.69, 9.17) is 4.74 Å². The van der Waals surface area contributed by atoms with Crippen molar-refractivity contribution in [1.82, 2.24) is 4.98 Å². The highest BCUT2D eigenvalue weighted by Crippen LogP contribution is 2.26. The fourth-order valence-corrected chi connectivity index (χ4v) is 3.14. The van der Waals surface area contributed by atoms with Crippen LogP contribution in [0.2, 0.25) is 0 Å². The van der Waals surface area contributed by atoms with Crippen molar-refractivity contribution in [2.75, 3.05) is 12.4 Å². The third-order valence-electron chi connectivity index (χ3n) is 2.45. The van der Waals surface area contributed by atoms with Gasteiger partial charge in [-0.25, -0.2) is 0 Å². The minimum atomic E-state index is 0.632. The lowest BCUT2D eigenvalue weighted by Gasteiger charge is -2.10. The van der Waals surface area contributed by atoms with Crippen molar-refractivity contribution in [3.05, 3.63) is 49.6 Å². The summed E-state index contributed by atoms with van der Waals surface area (Å²) in [6, 6.07) is 7.83. The summed E-state index contributed by atoms with van der Waals surface area (Å²) in [6.07, 6.45) is 1.78. The van der Waals surface area contributed by atoms with Gasteiger partial charge in [0.2, 0.25) is 0 Å². The molecule has 0 aliphatic carbocycles. The fourth-order valence-electron chi connectivity index (χ4n) is 1.54. The van der Waals surface area contributed by atoms with E-state index in [0.717, 1.165) is 30.5 Å². The first kappa shape index (κ1) is 14.8. The lowest BCUT2D eigenvalue weighted by atomic mass is 10.3. The van der Waals surface area contributed by atoms with Gasteiger partial charge >= 0.3 is 0 Å². The van der Waals surface area contributed by atoms with Crippen LogP contribution in [0.4, 0.5) is 5.69 Å². The van der Waals surface area contributed by atoms with Gasteiger partial charge in [-0.05, 0) is 50.1 Å². The highest BCUT2D eigenvalue weighted by atomic mass is 79.9. The van der Waals surface area contributed by atoms with Crippen LogP contribution in [-0.4, -0.2) is 12.1 Å². The molecule has 1 N–H and O–H groups in total. The molecule has 0 atom stereocenters. The van der Waals surface area contributed by atoms with E-state index >= 15 is 0 Å². The topological polar surface area (TPSA) is 34.1 Å². The van der Waals surface area contributed by atoms with Crippen LogP contribution in [0.5, 0.6) is 5.75 Å². The molecule has 1 aromatic heterocycles. The molecule has 2 aromatic rings. The molecule has 0 aliphatic heterocycles. The number of nitrogens with zero attached hydrogens (tertiary/aromatic N) is 1. The molecule has 0 unspecified atom stereocenters. The minimum Gasteiger partial charge on any atom is -0.497 e. The lowest BCUT2D eigenvalue weighted by molar-refractivity contribution is 0.414. The van der Waals surface area contributed by atoms with Gasteiger partial charge in [-0.2, -0.15) is 0 Å². The molecule has 0 aliphatic rings. The maximum absolute atomic E-state index is 5.23. The Bertz CT molecular complexity index is 590. The summed E-state index contributed by atoms with van der Waals surface area (Å²) < 4.78 is 8.12. The van der Waals surface area contributed by atoms with Crippen LogP contribution < -0.4 is 10.1 Å². The summed E-state index contributed by atoms with van der Waals surface area (Å²) in [7, 11) is 1.65. The standard InChI is InChI=1S/C13H11Br3N2O/c1-19-11-3-8(14)2-10(5-11)17-7-13-12(16)4-9(15)6-18-13/h2-6,17H,7H2,1H3. The predicted octanol–water partition coefficient (Wildman–Crippen LogP) is 4.99. The van der Waals surface area contributed by atoms with E-state index in [1.807, 2.05) is 24.3 Å². The Morgan fingerprint density at radius 1 is 1.11 bits per heavy atom. The van der Waals surface area contributed by atoms with Crippen LogP contribution in [0.15, 0.2) is 43.9 Å². The predicted molar refractivity (Wildman–Crippen MR) is 87.7 cm³/mol. The van der Waals surface area contributed by atoms with Crippen molar-refractivity contribution >= 4 is 53.5 Å². The molecule has 1 heterocycles. The van der Waals surface area contributed by atoms with Gasteiger partial charge in [-0.3, -0.25) is 4.98 Å². The molecular weight excluding hydrogens is 440 g/mol. The Hall–Kier alpha value is -0.590. The molecule has 0 radical (unpaired) electrons. The molecule has 19 heavy (non-hydrogen) atoms. The van der Waals surface area contributed by atoms with Gasteiger partial charge < -0.3 is 10.1 Å². The molecule has 2 rings (SSSR count). The second-order valence-electron chi connectivity index (χ2n) is 3.82. The number of benzene rings is 1. The Balaban J connectivity index is 2.12. The lowest BCUT2D eigenvalue weighted by Crippen LogP contribution is -2.02. The summed E-state index contributed by atoms with van der Waals surface area (Å²) in [6.45, 7) is 0.632. The van der Waals surface area contributed by atoms with Crippen molar-refractivity contribution in [1.29, 1.82) is 0 Å². The number of aromatic nitrogens is 1. The zero-order valence-electron chi connectivity index (χ0n) is 10.1. The highest BCUT2D eigenvalue weighted by Gasteiger charge is 2.04. The average Bonchev–Trinajstić information content (AvgIpc) is 2.37. The van der Waals surface area contributed by atoms with E-state index in [1.165, 1.54) is 0 Å². The molecule has 6 heteroatoms. The largest absolute Gasteiger partial charge is 0.497 e. The van der Waals surface area contributed by atoms with Crippen LogP contribution >= 0.6 is 47.8 Å². The zero-order valence-corrected chi connectivity index (χ0v) is 14.8. The maximum atomic E-state index is 5.23. The number of halogens is 3. The average molecular weight is 451 g/mol. The van der Waals surface area contributed by atoms with Crippen LogP contribution in [-0.2, 0) is 6.54 Å². The van der Waals surface area contributed by atoms with Crippen LogP contribution in [0.25, 0.3) is 0 Å². The number of anilines is 1. The number of methoxy groups -OCH3 is 1. The zero-order chi connectivity index (χ0) is 13.8. The number of ether oxygens (including phenoxy) is 1. The first-order chi connectivity index (χ1) is 9.08. The number of rotatable bonds is 4. The molecular formula is C13H11Br3N2O. The Labute approximate surface area is 137 Å². The Morgan fingerprint density at radius 3 is 2.58 bits per heavy atom.